The second kappa shape index (κ2) is 7.42. The zero-order chi connectivity index (χ0) is 17.7. The minimum atomic E-state index is -1.75. The number of carbonyl (C=O) groups excluding carboxylic acids is 2. The van der Waals surface area contributed by atoms with Gasteiger partial charge in [-0.2, -0.15) is 0 Å². The van der Waals surface area contributed by atoms with Gasteiger partial charge in [-0.05, 0) is 17.2 Å². The Morgan fingerprint density at radius 1 is 1.35 bits per heavy atom. The molecule has 1 atom stereocenters. The highest BCUT2D eigenvalue weighted by molar-refractivity contribution is 6.87. The highest BCUT2D eigenvalue weighted by atomic mass is 28.3. The summed E-state index contributed by atoms with van der Waals surface area (Å²) in [4.78, 5) is 27.6. The summed E-state index contributed by atoms with van der Waals surface area (Å²) in [6, 6.07) is 4.18. The predicted octanol–water partition coefficient (Wildman–Crippen LogP) is 2.11. The molecule has 1 heterocycles. The van der Waals surface area contributed by atoms with Gasteiger partial charge in [-0.3, -0.25) is 14.6 Å². The Morgan fingerprint density at radius 2 is 2.00 bits per heavy atom. The van der Waals surface area contributed by atoms with Crippen LogP contribution in [0.3, 0.4) is 0 Å². The number of nitrogens with zero attached hydrogens (tertiary/aromatic N) is 1. The maximum atomic E-state index is 12.1. The second-order valence-corrected chi connectivity index (χ2v) is 12.0. The van der Waals surface area contributed by atoms with E-state index in [1.165, 1.54) is 6.20 Å². The van der Waals surface area contributed by atoms with Crippen molar-refractivity contribution in [2.24, 2.45) is 5.73 Å². The van der Waals surface area contributed by atoms with Gasteiger partial charge in [0.2, 0.25) is 5.91 Å². The third-order valence-electron chi connectivity index (χ3n) is 4.13. The fourth-order valence-corrected chi connectivity index (χ4v) is 2.43. The Kier molecular flexibility index (Phi) is 6.10. The molecule has 3 N–H and O–H groups in total. The fraction of sp³-hybridized carbons (Fsp3) is 0.471. The number of nitrogens with two attached hydrogens (primary N) is 1. The van der Waals surface area contributed by atoms with Crippen LogP contribution in [0.4, 0.5) is 0 Å². The molecule has 0 saturated carbocycles. The Bertz CT molecular complexity index is 625. The Hall–Kier alpha value is -2.13. The van der Waals surface area contributed by atoms with Crippen molar-refractivity contribution in [1.82, 2.24) is 10.3 Å². The lowest BCUT2D eigenvalue weighted by Gasteiger charge is -2.31. The van der Waals surface area contributed by atoms with Crippen molar-refractivity contribution in [3.05, 3.63) is 30.1 Å². The lowest BCUT2D eigenvalue weighted by atomic mass is 10.2. The van der Waals surface area contributed by atoms with Crippen LogP contribution in [0.15, 0.2) is 24.4 Å². The summed E-state index contributed by atoms with van der Waals surface area (Å²) in [5.74, 6) is 2.02. The number of primary amides is 1. The van der Waals surface area contributed by atoms with Crippen LogP contribution in [0.5, 0.6) is 0 Å². The van der Waals surface area contributed by atoms with Crippen LogP contribution in [0, 0.1) is 11.5 Å². The Balaban J connectivity index is 2.79. The summed E-state index contributed by atoms with van der Waals surface area (Å²) < 4.78 is 0. The smallest absolute Gasteiger partial charge is 0.270 e. The van der Waals surface area contributed by atoms with Crippen molar-refractivity contribution < 1.29 is 9.59 Å². The first kappa shape index (κ1) is 18.9. The van der Waals surface area contributed by atoms with E-state index in [0.717, 1.165) is 0 Å². The molecule has 1 rings (SSSR count). The van der Waals surface area contributed by atoms with Crippen LogP contribution < -0.4 is 11.1 Å². The van der Waals surface area contributed by atoms with Crippen molar-refractivity contribution in [2.75, 3.05) is 0 Å². The normalized spacial score (nSPS) is 12.7. The van der Waals surface area contributed by atoms with Gasteiger partial charge in [0, 0.05) is 12.6 Å². The van der Waals surface area contributed by atoms with E-state index in [2.05, 4.69) is 55.6 Å². The van der Waals surface area contributed by atoms with E-state index >= 15 is 0 Å². The maximum Gasteiger partial charge on any atom is 0.270 e. The molecule has 5 nitrogen and oxygen atoms in total. The standard InChI is InChI=1S/C17H25N3O2Si/c1-17(2,3)23(4,5)12-8-10-13(15(18)21)20-16(22)14-9-6-7-11-19-14/h6-7,9,11,13H,10H2,1-5H3,(H2,18,21)(H,20,22)/t13-/m1/s1. The molecule has 0 unspecified atom stereocenters. The lowest BCUT2D eigenvalue weighted by Crippen LogP contribution is -2.44. The van der Waals surface area contributed by atoms with Crippen LogP contribution >= 0.6 is 0 Å². The summed E-state index contributed by atoms with van der Waals surface area (Å²) in [5, 5.41) is 2.73. The van der Waals surface area contributed by atoms with Gasteiger partial charge in [-0.15, -0.1) is 11.5 Å². The van der Waals surface area contributed by atoms with Gasteiger partial charge >= 0.3 is 0 Å². The monoisotopic (exact) mass is 331 g/mol. The highest BCUT2D eigenvalue weighted by Gasteiger charge is 2.33. The summed E-state index contributed by atoms with van der Waals surface area (Å²) in [6.45, 7) is 10.9. The molecule has 6 heteroatoms. The van der Waals surface area contributed by atoms with Crippen molar-refractivity contribution in [1.29, 1.82) is 0 Å². The van der Waals surface area contributed by atoms with E-state index < -0.39 is 25.9 Å². The minimum absolute atomic E-state index is 0.138. The van der Waals surface area contributed by atoms with Crippen LogP contribution in [-0.4, -0.2) is 30.9 Å². The number of carbonyl (C=O) groups is 2. The number of aromatic nitrogens is 1. The molecule has 0 bridgehead atoms. The topological polar surface area (TPSA) is 85.1 Å². The second-order valence-electron chi connectivity index (χ2n) is 7.02. The number of nitrogens with one attached hydrogen (secondary N) is 1. The first-order valence-corrected chi connectivity index (χ1v) is 10.6. The molecule has 0 aliphatic carbocycles. The van der Waals surface area contributed by atoms with Crippen LogP contribution in [0.1, 0.15) is 37.7 Å². The Morgan fingerprint density at radius 3 is 2.48 bits per heavy atom. The van der Waals surface area contributed by atoms with Crippen LogP contribution in [0.25, 0.3) is 0 Å². The van der Waals surface area contributed by atoms with Gasteiger partial charge in [0.1, 0.15) is 19.8 Å². The average molecular weight is 331 g/mol. The highest BCUT2D eigenvalue weighted by Crippen LogP contribution is 2.35. The minimum Gasteiger partial charge on any atom is -0.368 e. The largest absolute Gasteiger partial charge is 0.368 e. The molecule has 0 aliphatic rings. The molecule has 0 fully saturated rings. The number of pyridine rings is 1. The molecule has 0 radical (unpaired) electrons. The lowest BCUT2D eigenvalue weighted by molar-refractivity contribution is -0.119. The van der Waals surface area contributed by atoms with Gasteiger partial charge in [-0.25, -0.2) is 0 Å². The van der Waals surface area contributed by atoms with E-state index in [0.29, 0.717) is 0 Å². The number of hydrogen-bond donors (Lipinski definition) is 2. The molecule has 1 aromatic heterocycles. The molecule has 23 heavy (non-hydrogen) atoms. The van der Waals surface area contributed by atoms with Gasteiger partial charge in [0.15, 0.2) is 0 Å². The first-order valence-electron chi connectivity index (χ1n) is 7.56. The first-order chi connectivity index (χ1) is 10.5. The quantitative estimate of drug-likeness (QED) is 0.654. The molecule has 0 aliphatic heterocycles. The summed E-state index contributed by atoms with van der Waals surface area (Å²) in [6.07, 6.45) is 1.73. The zero-order valence-corrected chi connectivity index (χ0v) is 15.4. The van der Waals surface area contributed by atoms with Gasteiger partial charge in [0.05, 0.1) is 0 Å². The van der Waals surface area contributed by atoms with E-state index in [1.54, 1.807) is 18.2 Å². The van der Waals surface area contributed by atoms with Crippen LogP contribution in [0.2, 0.25) is 18.1 Å². The van der Waals surface area contributed by atoms with Crippen molar-refractivity contribution in [3.63, 3.8) is 0 Å². The molecule has 0 spiro atoms. The average Bonchev–Trinajstić information content (AvgIpc) is 2.45. The van der Waals surface area contributed by atoms with Gasteiger partial charge in [0.25, 0.3) is 5.91 Å². The third kappa shape index (κ3) is 5.53. The van der Waals surface area contributed by atoms with E-state index in [4.69, 9.17) is 5.73 Å². The molecule has 0 aromatic carbocycles. The molecular weight excluding hydrogens is 306 g/mol. The summed E-state index contributed by atoms with van der Waals surface area (Å²) >= 11 is 0. The van der Waals surface area contributed by atoms with Gasteiger partial charge in [-0.1, -0.05) is 39.9 Å². The van der Waals surface area contributed by atoms with E-state index in [1.807, 2.05) is 0 Å². The third-order valence-corrected chi connectivity index (χ3v) is 8.68. The van der Waals surface area contributed by atoms with Gasteiger partial charge < -0.3 is 11.1 Å². The van der Waals surface area contributed by atoms with Crippen molar-refractivity contribution >= 4 is 19.9 Å². The molecule has 2 amide bonds. The Labute approximate surface area is 139 Å². The fourth-order valence-electron chi connectivity index (χ4n) is 1.51. The molecular formula is C17H25N3O2Si. The SMILES string of the molecule is CC(C)(C)[Si](C)(C)C#CC[C@@H](NC(=O)c1ccccn1)C(N)=O. The van der Waals surface area contributed by atoms with E-state index in [9.17, 15) is 9.59 Å². The van der Waals surface area contributed by atoms with E-state index in [-0.39, 0.29) is 17.2 Å². The molecule has 124 valence electrons. The van der Waals surface area contributed by atoms with Crippen molar-refractivity contribution in [2.45, 2.75) is 51.4 Å². The van der Waals surface area contributed by atoms with Crippen molar-refractivity contribution in [3.8, 4) is 11.5 Å². The number of rotatable bonds is 4. The zero-order valence-electron chi connectivity index (χ0n) is 14.4. The molecule has 0 saturated heterocycles. The summed E-state index contributed by atoms with van der Waals surface area (Å²) in [5.41, 5.74) is 8.93. The maximum absolute atomic E-state index is 12.1. The summed E-state index contributed by atoms with van der Waals surface area (Å²) in [7, 11) is -1.75. The molecule has 1 aromatic rings. The number of amides is 2. The number of hydrogen-bond acceptors (Lipinski definition) is 3. The van der Waals surface area contributed by atoms with Crippen LogP contribution in [-0.2, 0) is 4.79 Å². The predicted molar refractivity (Wildman–Crippen MR) is 94.3 cm³/mol.